The van der Waals surface area contributed by atoms with Crippen LogP contribution < -0.4 is 5.43 Å². The minimum absolute atomic E-state index is 0.158. The fraction of sp³-hybridized carbons (Fsp3) is 0.562. The summed E-state index contributed by atoms with van der Waals surface area (Å²) in [6.07, 6.45) is 5.48. The van der Waals surface area contributed by atoms with Crippen molar-refractivity contribution < 1.29 is 4.79 Å². The minimum Gasteiger partial charge on any atom is -0.267 e. The molecule has 2 aliphatic rings. The lowest BCUT2D eigenvalue weighted by Crippen LogP contribution is -2.34. The fourth-order valence-electron chi connectivity index (χ4n) is 3.70. The number of fused-ring (bicyclic) bond motifs is 2. The van der Waals surface area contributed by atoms with E-state index in [0.717, 1.165) is 6.42 Å². The molecule has 1 N–H and O–H groups in total. The van der Waals surface area contributed by atoms with Crippen LogP contribution in [0.3, 0.4) is 0 Å². The molecule has 2 bridgehead atoms. The summed E-state index contributed by atoms with van der Waals surface area (Å²) in [5.74, 6) is 1.72. The van der Waals surface area contributed by atoms with E-state index in [0.29, 0.717) is 28.7 Å². The van der Waals surface area contributed by atoms with Crippen LogP contribution in [0.2, 0.25) is 0 Å². The Hall–Kier alpha value is -1.71. The molecule has 0 spiro atoms. The van der Waals surface area contributed by atoms with Gasteiger partial charge in [-0.25, -0.2) is 5.43 Å². The molecule has 0 unspecified atom stereocenters. The number of hydrogen-bond acceptors (Lipinski definition) is 3. The maximum absolute atomic E-state index is 12.0. The summed E-state index contributed by atoms with van der Waals surface area (Å²) in [6, 6.07) is 3.39. The van der Waals surface area contributed by atoms with E-state index in [9.17, 15) is 4.79 Å². The van der Waals surface area contributed by atoms with E-state index in [1.165, 1.54) is 12.1 Å². The molecule has 2 aliphatic carbocycles. The van der Waals surface area contributed by atoms with E-state index in [1.807, 2.05) is 0 Å². The number of nitrogens with zero attached hydrogens (tertiary/aromatic N) is 2. The highest BCUT2D eigenvalue weighted by molar-refractivity contribution is 5.96. The van der Waals surface area contributed by atoms with Crippen molar-refractivity contribution in [3.05, 3.63) is 30.1 Å². The van der Waals surface area contributed by atoms with E-state index in [1.54, 1.807) is 24.5 Å². The van der Waals surface area contributed by atoms with E-state index in [2.05, 4.69) is 36.3 Å². The van der Waals surface area contributed by atoms with Crippen LogP contribution in [0, 0.1) is 23.2 Å². The van der Waals surface area contributed by atoms with Crippen molar-refractivity contribution in [2.45, 2.75) is 33.6 Å². The predicted octanol–water partition coefficient (Wildman–Crippen LogP) is 2.87. The van der Waals surface area contributed by atoms with Gasteiger partial charge in [-0.05, 0) is 42.2 Å². The summed E-state index contributed by atoms with van der Waals surface area (Å²) >= 11 is 0. The summed E-state index contributed by atoms with van der Waals surface area (Å²) in [6.45, 7) is 7.02. The summed E-state index contributed by atoms with van der Waals surface area (Å²) in [5.41, 5.74) is 4.87. The summed E-state index contributed by atoms with van der Waals surface area (Å²) in [5, 5.41) is 4.39. The van der Waals surface area contributed by atoms with Crippen LogP contribution in [0.15, 0.2) is 29.6 Å². The smallest absolute Gasteiger partial charge is 0.267 e. The van der Waals surface area contributed by atoms with Crippen molar-refractivity contribution in [1.29, 1.82) is 0 Å². The highest BCUT2D eigenvalue weighted by Crippen LogP contribution is 2.57. The monoisotopic (exact) mass is 271 g/mol. The van der Waals surface area contributed by atoms with Crippen LogP contribution in [0.25, 0.3) is 0 Å². The van der Waals surface area contributed by atoms with Gasteiger partial charge in [-0.1, -0.05) is 20.8 Å². The lowest BCUT2D eigenvalue weighted by atomic mass is 9.69. The first kappa shape index (κ1) is 13.3. The van der Waals surface area contributed by atoms with Gasteiger partial charge in [-0.2, -0.15) is 5.10 Å². The van der Waals surface area contributed by atoms with E-state index in [4.69, 9.17) is 0 Å². The third-order valence-electron chi connectivity index (χ3n) is 5.49. The second-order valence-electron chi connectivity index (χ2n) is 6.63. The number of hydrazone groups is 1. The average Bonchev–Trinajstić information content (AvgIpc) is 2.97. The molecule has 0 aliphatic heterocycles. The Kier molecular flexibility index (Phi) is 3.11. The summed E-state index contributed by atoms with van der Waals surface area (Å²) in [4.78, 5) is 15.9. The first-order chi connectivity index (χ1) is 9.50. The van der Waals surface area contributed by atoms with Crippen molar-refractivity contribution in [3.8, 4) is 0 Å². The molecule has 4 nitrogen and oxygen atoms in total. The van der Waals surface area contributed by atoms with Gasteiger partial charge >= 0.3 is 0 Å². The number of rotatable bonds is 2. The fourth-order valence-corrected chi connectivity index (χ4v) is 3.70. The molecule has 3 rings (SSSR count). The Bertz CT molecular complexity index is 546. The molecule has 2 fully saturated rings. The zero-order valence-corrected chi connectivity index (χ0v) is 12.3. The number of nitrogens with one attached hydrogen (secondary N) is 1. The zero-order chi connectivity index (χ0) is 14.3. The zero-order valence-electron chi connectivity index (χ0n) is 12.3. The Morgan fingerprint density at radius 3 is 2.70 bits per heavy atom. The standard InChI is InChI=1S/C16H21N3O/c1-10-13-8-12(16(10,2)3)9-14(13)18-19-15(20)11-4-6-17-7-5-11/h4-7,10,12-13H,8-9H2,1-3H3,(H,19,20)/b18-14-/t10-,12-,13+/m1/s1. The predicted molar refractivity (Wildman–Crippen MR) is 78.3 cm³/mol. The molecule has 1 aromatic rings. The Labute approximate surface area is 119 Å². The highest BCUT2D eigenvalue weighted by atomic mass is 16.2. The molecule has 2 saturated carbocycles. The Morgan fingerprint density at radius 1 is 1.40 bits per heavy atom. The van der Waals surface area contributed by atoms with Crippen molar-refractivity contribution in [2.75, 3.05) is 0 Å². The molecular weight excluding hydrogens is 250 g/mol. The van der Waals surface area contributed by atoms with Crippen LogP contribution in [0.4, 0.5) is 0 Å². The quantitative estimate of drug-likeness (QED) is 0.841. The molecule has 0 aromatic carbocycles. The lowest BCUT2D eigenvalue weighted by Gasteiger charge is -2.36. The lowest BCUT2D eigenvalue weighted by molar-refractivity contribution is 0.0954. The van der Waals surface area contributed by atoms with Crippen LogP contribution >= 0.6 is 0 Å². The van der Waals surface area contributed by atoms with E-state index >= 15 is 0 Å². The minimum atomic E-state index is -0.158. The second kappa shape index (κ2) is 4.69. The largest absolute Gasteiger partial charge is 0.271 e. The topological polar surface area (TPSA) is 54.4 Å². The van der Waals surface area contributed by atoms with Gasteiger partial charge in [0.2, 0.25) is 0 Å². The van der Waals surface area contributed by atoms with Gasteiger partial charge in [0.15, 0.2) is 0 Å². The summed E-state index contributed by atoms with van der Waals surface area (Å²) in [7, 11) is 0. The van der Waals surface area contributed by atoms with Crippen LogP contribution in [-0.2, 0) is 0 Å². The van der Waals surface area contributed by atoms with Crippen molar-refractivity contribution in [3.63, 3.8) is 0 Å². The molecule has 106 valence electrons. The molecule has 1 heterocycles. The van der Waals surface area contributed by atoms with Gasteiger partial charge in [0.05, 0.1) is 0 Å². The normalized spacial score (nSPS) is 32.5. The van der Waals surface area contributed by atoms with Gasteiger partial charge in [0, 0.05) is 29.6 Å². The Balaban J connectivity index is 1.69. The van der Waals surface area contributed by atoms with Crippen LogP contribution in [0.5, 0.6) is 0 Å². The van der Waals surface area contributed by atoms with Crippen LogP contribution in [-0.4, -0.2) is 16.6 Å². The molecule has 20 heavy (non-hydrogen) atoms. The third-order valence-corrected chi connectivity index (χ3v) is 5.49. The maximum Gasteiger partial charge on any atom is 0.271 e. The number of carbonyl (C=O) groups excluding carboxylic acids is 1. The van der Waals surface area contributed by atoms with Crippen molar-refractivity contribution in [1.82, 2.24) is 10.4 Å². The molecule has 3 atom stereocenters. The van der Waals surface area contributed by atoms with E-state index in [-0.39, 0.29) is 5.91 Å². The number of hydrogen-bond donors (Lipinski definition) is 1. The summed E-state index contributed by atoms with van der Waals surface area (Å²) < 4.78 is 0. The number of amides is 1. The van der Waals surface area contributed by atoms with Crippen molar-refractivity contribution >= 4 is 11.6 Å². The van der Waals surface area contributed by atoms with Crippen LogP contribution in [0.1, 0.15) is 44.0 Å². The van der Waals surface area contributed by atoms with Gasteiger partial charge < -0.3 is 0 Å². The molecule has 4 heteroatoms. The molecule has 1 aromatic heterocycles. The van der Waals surface area contributed by atoms with Gasteiger partial charge in [0.25, 0.3) is 5.91 Å². The molecule has 0 radical (unpaired) electrons. The number of pyridine rings is 1. The first-order valence-electron chi connectivity index (χ1n) is 7.27. The van der Waals surface area contributed by atoms with Gasteiger partial charge in [-0.3, -0.25) is 9.78 Å². The molecule has 0 saturated heterocycles. The second-order valence-corrected chi connectivity index (χ2v) is 6.63. The highest BCUT2D eigenvalue weighted by Gasteiger charge is 2.53. The molecule has 1 amide bonds. The first-order valence-corrected chi connectivity index (χ1v) is 7.27. The Morgan fingerprint density at radius 2 is 2.10 bits per heavy atom. The van der Waals surface area contributed by atoms with E-state index < -0.39 is 0 Å². The third kappa shape index (κ3) is 2.03. The average molecular weight is 271 g/mol. The maximum atomic E-state index is 12.0. The van der Waals surface area contributed by atoms with Crippen molar-refractivity contribution in [2.24, 2.45) is 28.3 Å². The number of carbonyl (C=O) groups is 1. The van der Waals surface area contributed by atoms with Gasteiger partial charge in [0.1, 0.15) is 0 Å². The molecular formula is C16H21N3O. The number of aromatic nitrogens is 1. The SMILES string of the molecule is C[C@@H]1[C@@H]2C[C@H](C/C2=N/NC(=O)c2ccncc2)C1(C)C. The van der Waals surface area contributed by atoms with Gasteiger partial charge in [-0.15, -0.1) is 0 Å².